The number of carbonyl (C=O) groups is 1. The van der Waals surface area contributed by atoms with Crippen LogP contribution in [0.1, 0.15) is 38.5 Å². The summed E-state index contributed by atoms with van der Waals surface area (Å²) in [6.45, 7) is 2.22. The number of nitrogens with one attached hydrogen (secondary N) is 1. The van der Waals surface area contributed by atoms with Crippen molar-refractivity contribution in [3.8, 4) is 10.7 Å². The van der Waals surface area contributed by atoms with Gasteiger partial charge in [-0.25, -0.2) is 0 Å². The van der Waals surface area contributed by atoms with Crippen LogP contribution in [0.4, 0.5) is 0 Å². The van der Waals surface area contributed by atoms with E-state index in [2.05, 4.69) is 22.4 Å². The van der Waals surface area contributed by atoms with E-state index in [4.69, 9.17) is 4.52 Å². The smallest absolute Gasteiger partial charge is 0.236 e. The van der Waals surface area contributed by atoms with Gasteiger partial charge in [0, 0.05) is 6.04 Å². The van der Waals surface area contributed by atoms with Crippen molar-refractivity contribution in [1.82, 2.24) is 15.5 Å². The highest BCUT2D eigenvalue weighted by molar-refractivity contribution is 7.99. The number of rotatable bonds is 6. The van der Waals surface area contributed by atoms with Gasteiger partial charge in [-0.05, 0) is 30.2 Å². The summed E-state index contributed by atoms with van der Waals surface area (Å²) >= 11 is 3.09. The number of thiophene rings is 1. The Kier molecular flexibility index (Phi) is 5.72. The van der Waals surface area contributed by atoms with Crippen LogP contribution in [-0.2, 0) is 10.5 Å². The Bertz CT molecular complexity index is 627. The average molecular weight is 351 g/mol. The Morgan fingerprint density at radius 2 is 2.35 bits per heavy atom. The van der Waals surface area contributed by atoms with Crippen molar-refractivity contribution < 1.29 is 9.32 Å². The molecule has 7 heteroatoms. The van der Waals surface area contributed by atoms with E-state index >= 15 is 0 Å². The lowest BCUT2D eigenvalue weighted by atomic mass is 9.86. The molecule has 124 valence electrons. The third kappa shape index (κ3) is 4.57. The largest absolute Gasteiger partial charge is 0.352 e. The standard InChI is InChI=1S/C16H21N3O2S2/c1-11-5-2-3-6-12(11)17-14(20)9-22-10-15-18-16(19-21-15)13-7-4-8-23-13/h4,7-8,11-12H,2-3,5-6,9-10H2,1H3,(H,17,20)/t11-,12-/m0/s1. The predicted molar refractivity (Wildman–Crippen MR) is 93.3 cm³/mol. The molecule has 1 N–H and O–H groups in total. The molecule has 1 aliphatic carbocycles. The molecule has 2 heterocycles. The van der Waals surface area contributed by atoms with Crippen molar-refractivity contribution in [2.45, 2.75) is 44.4 Å². The van der Waals surface area contributed by atoms with E-state index in [9.17, 15) is 4.79 Å². The molecule has 1 amide bonds. The van der Waals surface area contributed by atoms with Gasteiger partial charge in [0.05, 0.1) is 16.4 Å². The summed E-state index contributed by atoms with van der Waals surface area (Å²) in [6.07, 6.45) is 4.82. The molecule has 0 radical (unpaired) electrons. The molecule has 1 saturated carbocycles. The van der Waals surface area contributed by atoms with E-state index in [1.807, 2.05) is 17.5 Å². The summed E-state index contributed by atoms with van der Waals surface area (Å²) in [6, 6.07) is 4.26. The second-order valence-electron chi connectivity index (χ2n) is 5.92. The molecule has 0 spiro atoms. The van der Waals surface area contributed by atoms with Gasteiger partial charge in [-0.15, -0.1) is 23.1 Å². The normalized spacial score (nSPS) is 21.3. The molecule has 0 unspecified atom stereocenters. The first kappa shape index (κ1) is 16.5. The summed E-state index contributed by atoms with van der Waals surface area (Å²) in [5.41, 5.74) is 0. The molecule has 2 aromatic heterocycles. The van der Waals surface area contributed by atoms with Gasteiger partial charge in [-0.1, -0.05) is 31.0 Å². The van der Waals surface area contributed by atoms with E-state index in [1.165, 1.54) is 31.0 Å². The van der Waals surface area contributed by atoms with E-state index in [-0.39, 0.29) is 5.91 Å². The van der Waals surface area contributed by atoms with Crippen LogP contribution in [0.2, 0.25) is 0 Å². The topological polar surface area (TPSA) is 68.0 Å². The second-order valence-corrected chi connectivity index (χ2v) is 7.85. The third-order valence-electron chi connectivity index (χ3n) is 4.13. The summed E-state index contributed by atoms with van der Waals surface area (Å²) in [4.78, 5) is 17.4. The second kappa shape index (κ2) is 7.97. The molecule has 23 heavy (non-hydrogen) atoms. The van der Waals surface area contributed by atoms with Crippen LogP contribution in [0.3, 0.4) is 0 Å². The number of aromatic nitrogens is 2. The van der Waals surface area contributed by atoms with Crippen LogP contribution in [0.25, 0.3) is 10.7 Å². The number of hydrogen-bond acceptors (Lipinski definition) is 6. The fourth-order valence-corrected chi connectivity index (χ4v) is 4.14. The lowest BCUT2D eigenvalue weighted by Gasteiger charge is -2.29. The highest BCUT2D eigenvalue weighted by Gasteiger charge is 2.22. The Hall–Kier alpha value is -1.34. The van der Waals surface area contributed by atoms with Gasteiger partial charge in [0.1, 0.15) is 0 Å². The zero-order valence-electron chi connectivity index (χ0n) is 13.2. The number of carbonyl (C=O) groups excluding carboxylic acids is 1. The van der Waals surface area contributed by atoms with Crippen LogP contribution in [0, 0.1) is 5.92 Å². The zero-order chi connectivity index (χ0) is 16.1. The molecular formula is C16H21N3O2S2. The van der Waals surface area contributed by atoms with Gasteiger partial charge in [0.25, 0.3) is 0 Å². The number of hydrogen-bond donors (Lipinski definition) is 1. The number of amides is 1. The minimum Gasteiger partial charge on any atom is -0.352 e. The van der Waals surface area contributed by atoms with E-state index in [0.29, 0.717) is 35.2 Å². The van der Waals surface area contributed by atoms with Crippen molar-refractivity contribution in [3.05, 3.63) is 23.4 Å². The summed E-state index contributed by atoms with van der Waals surface area (Å²) in [5, 5.41) is 9.11. The zero-order valence-corrected chi connectivity index (χ0v) is 14.8. The first-order valence-corrected chi connectivity index (χ1v) is 9.99. The minimum absolute atomic E-state index is 0.103. The number of nitrogens with zero attached hydrogens (tertiary/aromatic N) is 2. The lowest BCUT2D eigenvalue weighted by Crippen LogP contribution is -2.41. The summed E-state index contributed by atoms with van der Waals surface area (Å²) < 4.78 is 5.23. The molecule has 0 aliphatic heterocycles. The van der Waals surface area contributed by atoms with E-state index < -0.39 is 0 Å². The fraction of sp³-hybridized carbons (Fsp3) is 0.562. The highest BCUT2D eigenvalue weighted by Crippen LogP contribution is 2.24. The maximum Gasteiger partial charge on any atom is 0.236 e. The van der Waals surface area contributed by atoms with Crippen molar-refractivity contribution in [2.75, 3.05) is 5.75 Å². The monoisotopic (exact) mass is 351 g/mol. The maximum absolute atomic E-state index is 12.0. The van der Waals surface area contributed by atoms with E-state index in [0.717, 1.165) is 11.3 Å². The SMILES string of the molecule is C[C@H]1CCCC[C@@H]1NC(=O)CSCc1nc(-c2cccs2)no1. The fourth-order valence-electron chi connectivity index (χ4n) is 2.83. The first-order chi connectivity index (χ1) is 11.2. The van der Waals surface area contributed by atoms with Gasteiger partial charge in [0.2, 0.25) is 17.6 Å². The molecule has 1 fully saturated rings. The Morgan fingerprint density at radius 1 is 1.48 bits per heavy atom. The van der Waals surface area contributed by atoms with Crippen LogP contribution < -0.4 is 5.32 Å². The van der Waals surface area contributed by atoms with Crippen molar-refractivity contribution >= 4 is 29.0 Å². The molecule has 3 rings (SSSR count). The molecule has 5 nitrogen and oxygen atoms in total. The third-order valence-corrected chi connectivity index (χ3v) is 5.91. The maximum atomic E-state index is 12.0. The number of thioether (sulfide) groups is 1. The van der Waals surface area contributed by atoms with Crippen molar-refractivity contribution in [3.63, 3.8) is 0 Å². The first-order valence-electron chi connectivity index (χ1n) is 7.96. The Labute approximate surface area is 144 Å². The van der Waals surface area contributed by atoms with Gasteiger partial charge < -0.3 is 9.84 Å². The van der Waals surface area contributed by atoms with Crippen LogP contribution >= 0.6 is 23.1 Å². The van der Waals surface area contributed by atoms with Gasteiger partial charge in [-0.3, -0.25) is 4.79 Å². The molecule has 2 atom stereocenters. The molecule has 0 aromatic carbocycles. The quantitative estimate of drug-likeness (QED) is 0.859. The predicted octanol–water partition coefficient (Wildman–Crippen LogP) is 3.73. The van der Waals surface area contributed by atoms with Gasteiger partial charge >= 0.3 is 0 Å². The molecule has 1 aliphatic rings. The van der Waals surface area contributed by atoms with Gasteiger partial charge in [0.15, 0.2) is 0 Å². The minimum atomic E-state index is 0.103. The van der Waals surface area contributed by atoms with Crippen LogP contribution in [0.15, 0.2) is 22.0 Å². The van der Waals surface area contributed by atoms with Crippen LogP contribution in [-0.4, -0.2) is 27.8 Å². The lowest BCUT2D eigenvalue weighted by molar-refractivity contribution is -0.119. The average Bonchev–Trinajstić information content (AvgIpc) is 3.20. The van der Waals surface area contributed by atoms with Crippen molar-refractivity contribution in [2.24, 2.45) is 5.92 Å². The molecule has 0 saturated heterocycles. The summed E-state index contributed by atoms with van der Waals surface area (Å²) in [5.74, 6) is 2.87. The Balaban J connectivity index is 1.41. The highest BCUT2D eigenvalue weighted by atomic mass is 32.2. The molecule has 0 bridgehead atoms. The molecular weight excluding hydrogens is 330 g/mol. The van der Waals surface area contributed by atoms with E-state index in [1.54, 1.807) is 11.3 Å². The molecule has 2 aromatic rings. The van der Waals surface area contributed by atoms with Crippen LogP contribution in [0.5, 0.6) is 0 Å². The van der Waals surface area contributed by atoms with Gasteiger partial charge in [-0.2, -0.15) is 4.98 Å². The Morgan fingerprint density at radius 3 is 3.13 bits per heavy atom. The van der Waals surface area contributed by atoms with Crippen molar-refractivity contribution in [1.29, 1.82) is 0 Å². The summed E-state index contributed by atoms with van der Waals surface area (Å²) in [7, 11) is 0.